The van der Waals surface area contributed by atoms with E-state index in [1.54, 1.807) is 6.07 Å². The van der Waals surface area contributed by atoms with Crippen molar-refractivity contribution in [3.8, 4) is 11.3 Å². The SMILES string of the molecule is CC(C)(C)NC(=O)c1cc(Br)nc(-c2ccc(C3CC3)cc2)c1. The summed E-state index contributed by atoms with van der Waals surface area (Å²) in [6.45, 7) is 5.91. The smallest absolute Gasteiger partial charge is 0.251 e. The van der Waals surface area contributed by atoms with E-state index >= 15 is 0 Å². The van der Waals surface area contributed by atoms with Gasteiger partial charge < -0.3 is 5.32 Å². The molecule has 1 heterocycles. The lowest BCUT2D eigenvalue weighted by Gasteiger charge is -2.20. The molecule has 0 saturated heterocycles. The van der Waals surface area contributed by atoms with Gasteiger partial charge in [-0.3, -0.25) is 4.79 Å². The van der Waals surface area contributed by atoms with Gasteiger partial charge in [0.25, 0.3) is 5.91 Å². The molecule has 2 aromatic rings. The Labute approximate surface area is 145 Å². The molecule has 1 amide bonds. The highest BCUT2D eigenvalue weighted by Gasteiger charge is 2.23. The van der Waals surface area contributed by atoms with Gasteiger partial charge in [-0.25, -0.2) is 4.98 Å². The molecule has 1 N–H and O–H groups in total. The van der Waals surface area contributed by atoms with E-state index in [0.29, 0.717) is 10.2 Å². The number of nitrogens with zero attached hydrogens (tertiary/aromatic N) is 1. The van der Waals surface area contributed by atoms with Gasteiger partial charge in [0.2, 0.25) is 0 Å². The fourth-order valence-electron chi connectivity index (χ4n) is 2.53. The lowest BCUT2D eigenvalue weighted by Crippen LogP contribution is -2.40. The van der Waals surface area contributed by atoms with Gasteiger partial charge in [0.1, 0.15) is 4.60 Å². The molecule has 0 aliphatic heterocycles. The van der Waals surface area contributed by atoms with E-state index in [1.165, 1.54) is 18.4 Å². The quantitative estimate of drug-likeness (QED) is 0.777. The Morgan fingerprint density at radius 1 is 1.17 bits per heavy atom. The fourth-order valence-corrected chi connectivity index (χ4v) is 2.97. The molecule has 0 atom stereocenters. The molecule has 0 bridgehead atoms. The molecule has 0 spiro atoms. The number of aromatic nitrogens is 1. The lowest BCUT2D eigenvalue weighted by molar-refractivity contribution is 0.0919. The summed E-state index contributed by atoms with van der Waals surface area (Å²) in [6.07, 6.45) is 2.59. The van der Waals surface area contributed by atoms with E-state index in [1.807, 2.05) is 26.8 Å². The second-order valence-electron chi connectivity index (χ2n) is 7.16. The minimum atomic E-state index is -0.265. The number of carbonyl (C=O) groups is 1. The summed E-state index contributed by atoms with van der Waals surface area (Å²) in [5, 5.41) is 2.99. The van der Waals surface area contributed by atoms with E-state index in [2.05, 4.69) is 50.5 Å². The molecule has 0 radical (unpaired) electrons. The molecule has 1 saturated carbocycles. The number of benzene rings is 1. The Bertz CT molecular complexity index is 728. The van der Waals surface area contributed by atoms with Gasteiger partial charge >= 0.3 is 0 Å². The van der Waals surface area contributed by atoms with Crippen LogP contribution in [0.2, 0.25) is 0 Å². The summed E-state index contributed by atoms with van der Waals surface area (Å²) >= 11 is 3.41. The van der Waals surface area contributed by atoms with Gasteiger partial charge in [-0.05, 0) is 73.2 Å². The molecular weight excluding hydrogens is 352 g/mol. The molecule has 1 aromatic carbocycles. The lowest BCUT2D eigenvalue weighted by atomic mass is 10.0. The minimum Gasteiger partial charge on any atom is -0.347 e. The molecule has 23 heavy (non-hydrogen) atoms. The number of carbonyl (C=O) groups excluding carboxylic acids is 1. The molecular formula is C19H21BrN2O. The molecule has 1 aliphatic rings. The van der Waals surface area contributed by atoms with Crippen LogP contribution >= 0.6 is 15.9 Å². The Morgan fingerprint density at radius 2 is 1.83 bits per heavy atom. The second kappa shape index (κ2) is 6.08. The van der Waals surface area contributed by atoms with E-state index in [-0.39, 0.29) is 11.4 Å². The summed E-state index contributed by atoms with van der Waals surface area (Å²) in [5.41, 5.74) is 3.58. The predicted molar refractivity (Wildman–Crippen MR) is 96.6 cm³/mol. The zero-order valence-electron chi connectivity index (χ0n) is 13.7. The van der Waals surface area contributed by atoms with Crippen LogP contribution in [0.1, 0.15) is 55.5 Å². The van der Waals surface area contributed by atoms with Crippen molar-refractivity contribution in [3.05, 3.63) is 52.1 Å². The molecule has 3 nitrogen and oxygen atoms in total. The number of hydrogen-bond donors (Lipinski definition) is 1. The molecule has 1 fully saturated rings. The van der Waals surface area contributed by atoms with Gasteiger partial charge in [-0.15, -0.1) is 0 Å². The van der Waals surface area contributed by atoms with Crippen molar-refractivity contribution in [1.29, 1.82) is 0 Å². The minimum absolute atomic E-state index is 0.0866. The molecule has 1 aliphatic carbocycles. The van der Waals surface area contributed by atoms with Gasteiger partial charge in [-0.2, -0.15) is 0 Å². The first-order valence-electron chi connectivity index (χ1n) is 7.92. The van der Waals surface area contributed by atoms with Crippen molar-refractivity contribution < 1.29 is 4.79 Å². The van der Waals surface area contributed by atoms with Gasteiger partial charge in [0.05, 0.1) is 5.69 Å². The van der Waals surface area contributed by atoms with Gasteiger partial charge in [0.15, 0.2) is 0 Å². The van der Waals surface area contributed by atoms with Crippen LogP contribution in [0, 0.1) is 0 Å². The van der Waals surface area contributed by atoms with Crippen molar-refractivity contribution in [2.45, 2.75) is 45.1 Å². The van der Waals surface area contributed by atoms with Crippen LogP contribution in [0.5, 0.6) is 0 Å². The number of nitrogens with one attached hydrogen (secondary N) is 1. The number of rotatable bonds is 3. The third-order valence-corrected chi connectivity index (χ3v) is 4.21. The summed E-state index contributed by atoms with van der Waals surface area (Å²) < 4.78 is 0.667. The monoisotopic (exact) mass is 372 g/mol. The molecule has 120 valence electrons. The van der Waals surface area contributed by atoms with Crippen LogP contribution < -0.4 is 5.32 Å². The first-order chi connectivity index (χ1) is 10.8. The highest BCUT2D eigenvalue weighted by molar-refractivity contribution is 9.10. The Balaban J connectivity index is 1.88. The number of hydrogen-bond acceptors (Lipinski definition) is 2. The summed E-state index contributed by atoms with van der Waals surface area (Å²) in [7, 11) is 0. The van der Waals surface area contributed by atoms with E-state index in [0.717, 1.165) is 17.2 Å². The van der Waals surface area contributed by atoms with Crippen LogP contribution in [0.3, 0.4) is 0 Å². The van der Waals surface area contributed by atoms with E-state index < -0.39 is 0 Å². The molecule has 4 heteroatoms. The first kappa shape index (κ1) is 16.2. The number of amides is 1. The van der Waals surface area contributed by atoms with E-state index in [4.69, 9.17) is 0 Å². The molecule has 1 aromatic heterocycles. The van der Waals surface area contributed by atoms with Crippen molar-refractivity contribution in [3.63, 3.8) is 0 Å². The number of halogens is 1. The highest BCUT2D eigenvalue weighted by atomic mass is 79.9. The van der Waals surface area contributed by atoms with Crippen LogP contribution in [-0.4, -0.2) is 16.4 Å². The zero-order valence-corrected chi connectivity index (χ0v) is 15.3. The van der Waals surface area contributed by atoms with Crippen molar-refractivity contribution in [1.82, 2.24) is 10.3 Å². The van der Waals surface area contributed by atoms with Crippen molar-refractivity contribution in [2.24, 2.45) is 0 Å². The summed E-state index contributed by atoms with van der Waals surface area (Å²) in [4.78, 5) is 16.9. The third kappa shape index (κ3) is 4.20. The van der Waals surface area contributed by atoms with Crippen LogP contribution in [0.4, 0.5) is 0 Å². The predicted octanol–water partition coefficient (Wildman–Crippen LogP) is 4.92. The van der Waals surface area contributed by atoms with Gasteiger partial charge in [-0.1, -0.05) is 24.3 Å². The average molecular weight is 373 g/mol. The molecule has 0 unspecified atom stereocenters. The largest absolute Gasteiger partial charge is 0.347 e. The first-order valence-corrected chi connectivity index (χ1v) is 8.71. The van der Waals surface area contributed by atoms with E-state index in [9.17, 15) is 4.79 Å². The third-order valence-electron chi connectivity index (χ3n) is 3.80. The van der Waals surface area contributed by atoms with Crippen LogP contribution in [-0.2, 0) is 0 Å². The second-order valence-corrected chi connectivity index (χ2v) is 7.98. The zero-order chi connectivity index (χ0) is 16.6. The van der Waals surface area contributed by atoms with Gasteiger partial charge in [0, 0.05) is 16.7 Å². The Kier molecular flexibility index (Phi) is 4.28. The highest BCUT2D eigenvalue weighted by Crippen LogP contribution is 2.40. The van der Waals surface area contributed by atoms with Crippen LogP contribution in [0.15, 0.2) is 41.0 Å². The van der Waals surface area contributed by atoms with Crippen molar-refractivity contribution in [2.75, 3.05) is 0 Å². The fraction of sp³-hybridized carbons (Fsp3) is 0.368. The standard InChI is InChI=1S/C19H21BrN2O/c1-19(2,3)22-18(23)15-10-16(21-17(20)11-15)14-8-6-13(7-9-14)12-4-5-12/h6-12H,4-5H2,1-3H3,(H,22,23). The average Bonchev–Trinajstić information content (AvgIpc) is 3.29. The maximum Gasteiger partial charge on any atom is 0.251 e. The number of pyridine rings is 1. The molecule has 3 rings (SSSR count). The van der Waals surface area contributed by atoms with Crippen molar-refractivity contribution >= 4 is 21.8 Å². The maximum atomic E-state index is 12.4. The Hall–Kier alpha value is -1.68. The maximum absolute atomic E-state index is 12.4. The topological polar surface area (TPSA) is 42.0 Å². The normalized spacial score (nSPS) is 14.6. The Morgan fingerprint density at radius 3 is 2.39 bits per heavy atom. The summed E-state index contributed by atoms with van der Waals surface area (Å²) in [6, 6.07) is 12.1. The van der Waals surface area contributed by atoms with Crippen LogP contribution in [0.25, 0.3) is 11.3 Å². The summed E-state index contributed by atoms with van der Waals surface area (Å²) in [5.74, 6) is 0.657.